The summed E-state index contributed by atoms with van der Waals surface area (Å²) in [5, 5.41) is 10.2. The lowest BCUT2D eigenvalue weighted by Gasteiger charge is -2.31. The van der Waals surface area contributed by atoms with Crippen molar-refractivity contribution in [3.8, 4) is 5.69 Å². The van der Waals surface area contributed by atoms with Crippen LogP contribution in [0.3, 0.4) is 0 Å². The van der Waals surface area contributed by atoms with Crippen LogP contribution in [0.25, 0.3) is 5.69 Å². The molecule has 0 aliphatic heterocycles. The first kappa shape index (κ1) is 18.7. The lowest BCUT2D eigenvalue weighted by Crippen LogP contribution is -2.44. The van der Waals surface area contributed by atoms with Gasteiger partial charge in [-0.25, -0.2) is 9.48 Å². The van der Waals surface area contributed by atoms with Crippen molar-refractivity contribution in [3.63, 3.8) is 0 Å². The molecule has 0 bridgehead atoms. The van der Waals surface area contributed by atoms with E-state index < -0.39 is 0 Å². The normalized spacial score (nSPS) is 13.2. The van der Waals surface area contributed by atoms with Gasteiger partial charge in [0.1, 0.15) is 0 Å². The van der Waals surface area contributed by atoms with E-state index in [0.717, 1.165) is 11.3 Å². The molecule has 27 heavy (non-hydrogen) atoms. The number of nitrogens with one attached hydrogen (secondary N) is 2. The molecule has 3 aromatic rings. The van der Waals surface area contributed by atoms with E-state index >= 15 is 0 Å². The number of rotatable bonds is 6. The predicted molar refractivity (Wildman–Crippen MR) is 108 cm³/mol. The van der Waals surface area contributed by atoms with Gasteiger partial charge in [-0.2, -0.15) is 5.10 Å². The molecule has 2 aromatic carbocycles. The summed E-state index contributed by atoms with van der Waals surface area (Å²) in [6.45, 7) is 2.00. The van der Waals surface area contributed by atoms with Crippen molar-refractivity contribution in [2.24, 2.45) is 0 Å². The molecule has 1 aromatic heterocycles. The number of para-hydroxylation sites is 1. The predicted octanol–water partition coefficient (Wildman–Crippen LogP) is 3.69. The number of hydrogen-bond acceptors (Lipinski definition) is 3. The minimum atomic E-state index is -0.252. The Bertz CT molecular complexity index is 861. The molecule has 0 saturated carbocycles. The van der Waals surface area contributed by atoms with Crippen LogP contribution in [0.5, 0.6) is 0 Å². The second-order valence-corrected chi connectivity index (χ2v) is 6.72. The second-order valence-electron chi connectivity index (χ2n) is 6.72. The van der Waals surface area contributed by atoms with Crippen LogP contribution in [-0.4, -0.2) is 40.8 Å². The molecule has 0 spiro atoms. The minimum Gasteiger partial charge on any atom is -0.333 e. The summed E-state index contributed by atoms with van der Waals surface area (Å²) in [5.74, 6) is 0. The third-order valence-corrected chi connectivity index (χ3v) is 4.39. The standard InChI is InChI=1S/C21H25N5O/c1-16(20(25(2)3)17-10-6-4-7-11-17)23-21(27)24-18-14-22-26(15-18)19-12-8-5-9-13-19/h4-16,20H,1-3H3,(H2,23,24,27)/t16-,20-/m0/s1. The lowest BCUT2D eigenvalue weighted by atomic mass is 9.99. The molecule has 3 rings (SSSR count). The Morgan fingerprint density at radius 1 is 1.04 bits per heavy atom. The summed E-state index contributed by atoms with van der Waals surface area (Å²) in [6.07, 6.45) is 3.43. The van der Waals surface area contributed by atoms with Gasteiger partial charge in [0.25, 0.3) is 0 Å². The van der Waals surface area contributed by atoms with Crippen LogP contribution in [0.15, 0.2) is 73.1 Å². The highest BCUT2D eigenvalue weighted by molar-refractivity contribution is 5.89. The highest BCUT2D eigenvalue weighted by atomic mass is 16.2. The van der Waals surface area contributed by atoms with E-state index in [0.29, 0.717) is 5.69 Å². The maximum atomic E-state index is 12.4. The van der Waals surface area contributed by atoms with E-state index in [-0.39, 0.29) is 18.1 Å². The first-order chi connectivity index (χ1) is 13.0. The van der Waals surface area contributed by atoms with Crippen LogP contribution in [-0.2, 0) is 0 Å². The van der Waals surface area contributed by atoms with E-state index in [4.69, 9.17) is 0 Å². The topological polar surface area (TPSA) is 62.2 Å². The van der Waals surface area contributed by atoms with Crippen LogP contribution >= 0.6 is 0 Å². The first-order valence-electron chi connectivity index (χ1n) is 8.93. The Hall–Kier alpha value is -3.12. The number of carbonyl (C=O) groups excluding carboxylic acids is 1. The van der Waals surface area contributed by atoms with E-state index in [1.165, 1.54) is 0 Å². The molecule has 1 heterocycles. The zero-order chi connectivity index (χ0) is 19.2. The van der Waals surface area contributed by atoms with Crippen molar-refractivity contribution in [2.75, 3.05) is 19.4 Å². The second kappa shape index (κ2) is 8.51. The average molecular weight is 363 g/mol. The molecule has 0 aliphatic rings. The maximum Gasteiger partial charge on any atom is 0.319 e. The Morgan fingerprint density at radius 2 is 1.67 bits per heavy atom. The van der Waals surface area contributed by atoms with Gasteiger partial charge in [0.2, 0.25) is 0 Å². The zero-order valence-corrected chi connectivity index (χ0v) is 15.8. The van der Waals surface area contributed by atoms with Crippen molar-refractivity contribution in [1.82, 2.24) is 20.0 Å². The number of anilines is 1. The fourth-order valence-corrected chi connectivity index (χ4v) is 3.25. The summed E-state index contributed by atoms with van der Waals surface area (Å²) >= 11 is 0. The fraction of sp³-hybridized carbons (Fsp3) is 0.238. The summed E-state index contributed by atoms with van der Waals surface area (Å²) in [6, 6.07) is 19.7. The van der Waals surface area contributed by atoms with Crippen molar-refractivity contribution in [1.29, 1.82) is 0 Å². The Balaban J connectivity index is 1.64. The van der Waals surface area contributed by atoms with Gasteiger partial charge in [0.15, 0.2) is 0 Å². The molecule has 0 fully saturated rings. The van der Waals surface area contributed by atoms with E-state index in [1.807, 2.05) is 69.6 Å². The number of likely N-dealkylation sites (N-methyl/N-ethyl adjacent to an activating group) is 1. The SMILES string of the molecule is C[C@H](NC(=O)Nc1cnn(-c2ccccc2)c1)[C@@H](c1ccccc1)N(C)C. The number of hydrogen-bond donors (Lipinski definition) is 2. The summed E-state index contributed by atoms with van der Waals surface area (Å²) < 4.78 is 1.73. The summed E-state index contributed by atoms with van der Waals surface area (Å²) in [4.78, 5) is 14.6. The number of carbonyl (C=O) groups is 1. The molecule has 6 nitrogen and oxygen atoms in total. The van der Waals surface area contributed by atoms with Gasteiger partial charge in [-0.1, -0.05) is 48.5 Å². The highest BCUT2D eigenvalue weighted by Gasteiger charge is 2.23. The van der Waals surface area contributed by atoms with Gasteiger partial charge in [-0.15, -0.1) is 0 Å². The molecule has 0 aliphatic carbocycles. The molecular formula is C21H25N5O. The molecule has 2 atom stereocenters. The van der Waals surface area contributed by atoms with Gasteiger partial charge in [0.05, 0.1) is 29.8 Å². The van der Waals surface area contributed by atoms with Gasteiger partial charge in [-0.3, -0.25) is 0 Å². The lowest BCUT2D eigenvalue weighted by molar-refractivity contribution is 0.223. The van der Waals surface area contributed by atoms with Crippen LogP contribution in [0.2, 0.25) is 0 Å². The van der Waals surface area contributed by atoms with E-state index in [9.17, 15) is 4.79 Å². The van der Waals surface area contributed by atoms with Crippen molar-refractivity contribution in [2.45, 2.75) is 19.0 Å². The van der Waals surface area contributed by atoms with Gasteiger partial charge in [0, 0.05) is 6.04 Å². The molecule has 2 N–H and O–H groups in total. The van der Waals surface area contributed by atoms with Gasteiger partial charge in [-0.05, 0) is 38.7 Å². The smallest absolute Gasteiger partial charge is 0.319 e. The molecular weight excluding hydrogens is 338 g/mol. The third kappa shape index (κ3) is 4.74. The average Bonchev–Trinajstić information content (AvgIpc) is 3.11. The quantitative estimate of drug-likeness (QED) is 0.702. The van der Waals surface area contributed by atoms with Crippen LogP contribution in [0, 0.1) is 0 Å². The number of benzene rings is 2. The van der Waals surface area contributed by atoms with Crippen molar-refractivity contribution < 1.29 is 4.79 Å². The molecule has 0 unspecified atom stereocenters. The molecule has 6 heteroatoms. The van der Waals surface area contributed by atoms with Gasteiger partial charge >= 0.3 is 6.03 Å². The highest BCUT2D eigenvalue weighted by Crippen LogP contribution is 2.22. The first-order valence-corrected chi connectivity index (χ1v) is 8.93. The van der Waals surface area contributed by atoms with Crippen molar-refractivity contribution in [3.05, 3.63) is 78.6 Å². The largest absolute Gasteiger partial charge is 0.333 e. The Labute approximate surface area is 159 Å². The fourth-order valence-electron chi connectivity index (χ4n) is 3.25. The monoisotopic (exact) mass is 363 g/mol. The van der Waals surface area contributed by atoms with Crippen LogP contribution in [0.1, 0.15) is 18.5 Å². The Kier molecular flexibility index (Phi) is 5.88. The minimum absolute atomic E-state index is 0.0731. The van der Waals surface area contributed by atoms with Crippen molar-refractivity contribution >= 4 is 11.7 Å². The molecule has 0 radical (unpaired) electrons. The molecule has 140 valence electrons. The summed E-state index contributed by atoms with van der Waals surface area (Å²) in [5.41, 5.74) is 2.74. The number of aromatic nitrogens is 2. The molecule has 2 amide bonds. The molecule has 0 saturated heterocycles. The summed E-state index contributed by atoms with van der Waals surface area (Å²) in [7, 11) is 4.02. The number of amides is 2. The maximum absolute atomic E-state index is 12.4. The van der Waals surface area contributed by atoms with Crippen LogP contribution < -0.4 is 10.6 Å². The zero-order valence-electron chi connectivity index (χ0n) is 15.8. The van der Waals surface area contributed by atoms with Gasteiger partial charge < -0.3 is 15.5 Å². The van der Waals surface area contributed by atoms with E-state index in [2.05, 4.69) is 32.8 Å². The van der Waals surface area contributed by atoms with Crippen LogP contribution in [0.4, 0.5) is 10.5 Å². The van der Waals surface area contributed by atoms with E-state index in [1.54, 1.807) is 17.1 Å². The third-order valence-electron chi connectivity index (χ3n) is 4.39. The Morgan fingerprint density at radius 3 is 2.30 bits per heavy atom. The number of nitrogens with zero attached hydrogens (tertiary/aromatic N) is 3. The number of urea groups is 1.